The van der Waals surface area contributed by atoms with Crippen molar-refractivity contribution in [2.75, 3.05) is 16.8 Å². The maximum absolute atomic E-state index is 11.9. The number of carbonyl (C=O) groups excluding carboxylic acids is 1. The van der Waals surface area contributed by atoms with Crippen molar-refractivity contribution >= 4 is 60.0 Å². The Labute approximate surface area is 134 Å². The summed E-state index contributed by atoms with van der Waals surface area (Å²) in [5, 5.41) is 2.82. The van der Waals surface area contributed by atoms with E-state index in [0.717, 1.165) is 13.7 Å². The van der Waals surface area contributed by atoms with Crippen molar-refractivity contribution in [2.24, 2.45) is 5.92 Å². The molecule has 0 radical (unpaired) electrons. The van der Waals surface area contributed by atoms with Gasteiger partial charge in [-0.15, -0.1) is 0 Å². The molecule has 104 valence electrons. The predicted molar refractivity (Wildman–Crippen MR) is 86.9 cm³/mol. The van der Waals surface area contributed by atoms with Gasteiger partial charge in [-0.1, -0.05) is 0 Å². The Bertz CT molecular complexity index is 603. The van der Waals surface area contributed by atoms with Gasteiger partial charge in [-0.3, -0.25) is 4.79 Å². The van der Waals surface area contributed by atoms with E-state index in [-0.39, 0.29) is 29.8 Å². The number of hydrogen-bond acceptors (Lipinski definition) is 3. The van der Waals surface area contributed by atoms with Gasteiger partial charge in [-0.2, -0.15) is 0 Å². The first-order chi connectivity index (χ1) is 8.85. The summed E-state index contributed by atoms with van der Waals surface area (Å²) < 4.78 is 24.5. The summed E-state index contributed by atoms with van der Waals surface area (Å²) in [6.07, 6.45) is 0.848. The number of nitrogens with one attached hydrogen (secondary N) is 1. The number of hydrogen-bond donors (Lipinski definition) is 1. The van der Waals surface area contributed by atoms with E-state index in [1.165, 1.54) is 0 Å². The molecule has 1 aromatic rings. The van der Waals surface area contributed by atoms with Crippen molar-refractivity contribution in [3.63, 3.8) is 0 Å². The molecule has 1 N–H and O–H groups in total. The van der Waals surface area contributed by atoms with Crippen LogP contribution >= 0.6 is 38.5 Å². The average molecular weight is 458 g/mol. The molecular formula is C12H13BrINO3S. The van der Waals surface area contributed by atoms with Gasteiger partial charge in [-0.05, 0) is 69.1 Å². The van der Waals surface area contributed by atoms with Gasteiger partial charge in [0.2, 0.25) is 5.91 Å². The highest BCUT2D eigenvalue weighted by Crippen LogP contribution is 2.26. The lowest BCUT2D eigenvalue weighted by molar-refractivity contribution is -0.116. The van der Waals surface area contributed by atoms with Gasteiger partial charge in [0.05, 0.1) is 17.2 Å². The van der Waals surface area contributed by atoms with Crippen molar-refractivity contribution < 1.29 is 13.2 Å². The Kier molecular flexibility index (Phi) is 4.88. The van der Waals surface area contributed by atoms with Crippen LogP contribution < -0.4 is 5.32 Å². The summed E-state index contributed by atoms with van der Waals surface area (Å²) in [7, 11) is -2.92. The molecule has 2 rings (SSSR count). The molecule has 1 aromatic carbocycles. The Hall–Kier alpha value is -0.150. The number of carbonyl (C=O) groups is 1. The minimum atomic E-state index is -2.92. The van der Waals surface area contributed by atoms with Crippen molar-refractivity contribution in [3.8, 4) is 0 Å². The van der Waals surface area contributed by atoms with E-state index in [2.05, 4.69) is 43.8 Å². The van der Waals surface area contributed by atoms with Crippen LogP contribution in [0.2, 0.25) is 0 Å². The van der Waals surface area contributed by atoms with Gasteiger partial charge in [0.25, 0.3) is 0 Å². The van der Waals surface area contributed by atoms with Crippen LogP contribution in [0.25, 0.3) is 0 Å². The summed E-state index contributed by atoms with van der Waals surface area (Å²) in [5.74, 6) is 0.155. The van der Waals surface area contributed by atoms with E-state index >= 15 is 0 Å². The van der Waals surface area contributed by atoms with Crippen LogP contribution in [0.3, 0.4) is 0 Å². The minimum Gasteiger partial charge on any atom is -0.325 e. The van der Waals surface area contributed by atoms with Gasteiger partial charge < -0.3 is 5.32 Å². The van der Waals surface area contributed by atoms with Gasteiger partial charge in [0.15, 0.2) is 9.84 Å². The molecule has 0 saturated carbocycles. The Morgan fingerprint density at radius 3 is 2.84 bits per heavy atom. The fourth-order valence-corrected chi connectivity index (χ4v) is 4.79. The van der Waals surface area contributed by atoms with Gasteiger partial charge >= 0.3 is 0 Å². The number of sulfone groups is 1. The lowest BCUT2D eigenvalue weighted by atomic mass is 10.1. The first-order valence-electron chi connectivity index (χ1n) is 5.81. The first kappa shape index (κ1) is 15.2. The summed E-state index contributed by atoms with van der Waals surface area (Å²) in [4.78, 5) is 11.9. The van der Waals surface area contributed by atoms with Crippen molar-refractivity contribution in [3.05, 3.63) is 26.2 Å². The normalized spacial score (nSPS) is 21.3. The number of halogens is 2. The van der Waals surface area contributed by atoms with E-state index in [9.17, 15) is 13.2 Å². The molecule has 19 heavy (non-hydrogen) atoms. The van der Waals surface area contributed by atoms with E-state index in [1.54, 1.807) is 0 Å². The second-order valence-electron chi connectivity index (χ2n) is 4.65. The molecule has 0 spiro atoms. The van der Waals surface area contributed by atoms with Crippen molar-refractivity contribution in [2.45, 2.75) is 12.8 Å². The quantitative estimate of drug-likeness (QED) is 0.710. The fraction of sp³-hybridized carbons (Fsp3) is 0.417. The third kappa shape index (κ3) is 4.42. The summed E-state index contributed by atoms with van der Waals surface area (Å²) >= 11 is 5.55. The minimum absolute atomic E-state index is 0.0495. The smallest absolute Gasteiger partial charge is 0.224 e. The topological polar surface area (TPSA) is 63.2 Å². The fourth-order valence-electron chi connectivity index (χ4n) is 2.09. The SMILES string of the molecule is O=C(CC1CCS(=O)(=O)C1)Nc1cc(I)ccc1Br. The molecule has 1 heterocycles. The van der Waals surface area contributed by atoms with E-state index < -0.39 is 9.84 Å². The standard InChI is InChI=1S/C12H13BrINO3S/c13-10-2-1-9(14)6-11(10)15-12(16)5-8-3-4-19(17,18)7-8/h1-2,6,8H,3-5,7H2,(H,15,16). The molecule has 0 aromatic heterocycles. The number of rotatable bonds is 3. The van der Waals surface area contributed by atoms with E-state index in [0.29, 0.717) is 6.42 Å². The zero-order chi connectivity index (χ0) is 14.0. The Morgan fingerprint density at radius 1 is 1.47 bits per heavy atom. The van der Waals surface area contributed by atoms with Gasteiger partial charge in [0, 0.05) is 14.5 Å². The van der Waals surface area contributed by atoms with Crippen molar-refractivity contribution in [1.29, 1.82) is 0 Å². The Morgan fingerprint density at radius 2 is 2.21 bits per heavy atom. The lowest BCUT2D eigenvalue weighted by Gasteiger charge is -2.10. The molecule has 1 unspecified atom stereocenters. The lowest BCUT2D eigenvalue weighted by Crippen LogP contribution is -2.17. The summed E-state index contributed by atoms with van der Waals surface area (Å²) in [5.41, 5.74) is 0.720. The Balaban J connectivity index is 1.97. The van der Waals surface area contributed by atoms with Crippen molar-refractivity contribution in [1.82, 2.24) is 0 Å². The van der Waals surface area contributed by atoms with Gasteiger partial charge in [0.1, 0.15) is 0 Å². The van der Waals surface area contributed by atoms with E-state index in [4.69, 9.17) is 0 Å². The molecule has 7 heteroatoms. The van der Waals surface area contributed by atoms with Crippen LogP contribution in [0.15, 0.2) is 22.7 Å². The highest BCUT2D eigenvalue weighted by Gasteiger charge is 2.29. The number of benzene rings is 1. The summed E-state index contributed by atoms with van der Waals surface area (Å²) in [6, 6.07) is 5.68. The third-order valence-corrected chi connectivity index (χ3v) is 6.20. The molecular weight excluding hydrogens is 445 g/mol. The second kappa shape index (κ2) is 6.09. The highest BCUT2D eigenvalue weighted by atomic mass is 127. The van der Waals surface area contributed by atoms with Crippen LogP contribution in [0.5, 0.6) is 0 Å². The number of amides is 1. The maximum Gasteiger partial charge on any atom is 0.224 e. The predicted octanol–water partition coefficient (Wildman–Crippen LogP) is 2.82. The zero-order valence-corrected chi connectivity index (χ0v) is 14.6. The average Bonchev–Trinajstić information content (AvgIpc) is 2.63. The molecule has 1 aliphatic heterocycles. The van der Waals surface area contributed by atoms with Crippen LogP contribution in [0, 0.1) is 9.49 Å². The zero-order valence-electron chi connectivity index (χ0n) is 10.0. The van der Waals surface area contributed by atoms with E-state index in [1.807, 2.05) is 18.2 Å². The third-order valence-electron chi connectivity index (χ3n) is 3.00. The van der Waals surface area contributed by atoms with Crippen LogP contribution in [-0.2, 0) is 14.6 Å². The monoisotopic (exact) mass is 457 g/mol. The molecule has 4 nitrogen and oxygen atoms in total. The molecule has 0 bridgehead atoms. The maximum atomic E-state index is 11.9. The highest BCUT2D eigenvalue weighted by molar-refractivity contribution is 14.1. The molecule has 0 aliphatic carbocycles. The molecule has 1 amide bonds. The van der Waals surface area contributed by atoms with Crippen LogP contribution in [0.1, 0.15) is 12.8 Å². The molecule has 1 atom stereocenters. The molecule has 1 saturated heterocycles. The van der Waals surface area contributed by atoms with Gasteiger partial charge in [-0.25, -0.2) is 8.42 Å². The molecule has 1 fully saturated rings. The largest absolute Gasteiger partial charge is 0.325 e. The first-order valence-corrected chi connectivity index (χ1v) is 9.50. The number of anilines is 1. The summed E-state index contributed by atoms with van der Waals surface area (Å²) in [6.45, 7) is 0. The van der Waals surface area contributed by atoms with Crippen LogP contribution in [-0.4, -0.2) is 25.8 Å². The molecule has 1 aliphatic rings. The van der Waals surface area contributed by atoms with Crippen LogP contribution in [0.4, 0.5) is 5.69 Å². The second-order valence-corrected chi connectivity index (χ2v) is 8.97.